The topological polar surface area (TPSA) is 175 Å². The molecule has 0 atom stereocenters. The van der Waals surface area contributed by atoms with Crippen molar-refractivity contribution in [3.63, 3.8) is 0 Å². The summed E-state index contributed by atoms with van der Waals surface area (Å²) in [5.74, 6) is 1.39. The van der Waals surface area contributed by atoms with E-state index in [1.54, 1.807) is 101 Å². The van der Waals surface area contributed by atoms with Crippen molar-refractivity contribution in [1.29, 1.82) is 0 Å². The third-order valence-corrected chi connectivity index (χ3v) is 13.2. The molecular formula is C44H50N4O10S2. The standard InChI is InChI=1S/C26H26N2O6S.C18H24N2O4S/c1-33-21-11-7-19(8-12-21)17-27(18-20-9-13-22(34-2)14-10-20)35(31,32)16-15-28-25(29)23-5-3-4-6-24(23)26(28)30;1-23-17-7-3-15(4-8-17)13-20(25(21,22)12-11-19)14-16-5-9-18(24-2)10-6-16/h3-14H,15-18H2,1-2H3;3-10H,11-14,19H2,1-2H3. The molecule has 60 heavy (non-hydrogen) atoms. The van der Waals surface area contributed by atoms with Crippen molar-refractivity contribution in [2.24, 2.45) is 5.73 Å². The summed E-state index contributed by atoms with van der Waals surface area (Å²) in [6.07, 6.45) is 0. The van der Waals surface area contributed by atoms with E-state index in [9.17, 15) is 26.4 Å². The molecule has 0 aromatic heterocycles. The van der Waals surface area contributed by atoms with Crippen LogP contribution in [0.5, 0.6) is 23.0 Å². The second-order valence-corrected chi connectivity index (χ2v) is 17.8. The van der Waals surface area contributed by atoms with Gasteiger partial charge in [-0.25, -0.2) is 16.8 Å². The number of carbonyl (C=O) groups is 2. The summed E-state index contributed by atoms with van der Waals surface area (Å²) in [6, 6.07) is 35.5. The zero-order valence-corrected chi connectivity index (χ0v) is 35.7. The molecule has 6 rings (SSSR count). The van der Waals surface area contributed by atoms with Crippen LogP contribution in [0.25, 0.3) is 0 Å². The molecule has 0 bridgehead atoms. The van der Waals surface area contributed by atoms with Crippen LogP contribution in [0.4, 0.5) is 0 Å². The first-order chi connectivity index (χ1) is 28.8. The molecule has 14 nitrogen and oxygen atoms in total. The van der Waals surface area contributed by atoms with Crippen molar-refractivity contribution in [2.75, 3.05) is 53.0 Å². The number of hydrogen-bond acceptors (Lipinski definition) is 11. The summed E-state index contributed by atoms with van der Waals surface area (Å²) in [6.45, 7) is 0.665. The number of ether oxygens (including phenoxy) is 4. The molecule has 5 aromatic rings. The van der Waals surface area contributed by atoms with Crippen LogP contribution in [0.1, 0.15) is 43.0 Å². The average molecular weight is 859 g/mol. The summed E-state index contributed by atoms with van der Waals surface area (Å²) >= 11 is 0. The molecule has 0 saturated carbocycles. The summed E-state index contributed by atoms with van der Waals surface area (Å²) in [5, 5.41) is 0. The van der Waals surface area contributed by atoms with Gasteiger partial charge in [0.1, 0.15) is 23.0 Å². The van der Waals surface area contributed by atoms with Crippen LogP contribution in [0.3, 0.4) is 0 Å². The van der Waals surface area contributed by atoms with E-state index >= 15 is 0 Å². The Kier molecular flexibility index (Phi) is 15.8. The van der Waals surface area contributed by atoms with E-state index in [0.717, 1.165) is 38.7 Å². The Balaban J connectivity index is 0.000000241. The molecule has 1 aliphatic heterocycles. The molecule has 0 saturated heterocycles. The van der Waals surface area contributed by atoms with Crippen molar-refractivity contribution in [3.8, 4) is 23.0 Å². The van der Waals surface area contributed by atoms with Gasteiger partial charge in [0.15, 0.2) is 0 Å². The third-order valence-electron chi connectivity index (χ3n) is 9.69. The van der Waals surface area contributed by atoms with Crippen molar-refractivity contribution in [2.45, 2.75) is 26.2 Å². The smallest absolute Gasteiger partial charge is 0.261 e. The largest absolute Gasteiger partial charge is 0.497 e. The molecule has 0 unspecified atom stereocenters. The second kappa shape index (κ2) is 21.0. The number of carbonyl (C=O) groups excluding carboxylic acids is 2. The van der Waals surface area contributed by atoms with E-state index in [2.05, 4.69) is 0 Å². The van der Waals surface area contributed by atoms with Crippen molar-refractivity contribution >= 4 is 31.9 Å². The molecule has 0 aliphatic carbocycles. The lowest BCUT2D eigenvalue weighted by molar-refractivity contribution is 0.0663. The van der Waals surface area contributed by atoms with E-state index in [4.69, 9.17) is 24.7 Å². The molecule has 16 heteroatoms. The van der Waals surface area contributed by atoms with Crippen molar-refractivity contribution < 1.29 is 45.4 Å². The minimum absolute atomic E-state index is 0.0840. The SMILES string of the molecule is COc1ccc(CN(Cc2ccc(OC)cc2)S(=O)(=O)CCN)cc1.COc1ccc(CN(Cc2ccc(OC)cc2)S(=O)(=O)CCN2C(=O)c3ccccc3C2=O)cc1. The predicted octanol–water partition coefficient (Wildman–Crippen LogP) is 5.33. The Morgan fingerprint density at radius 2 is 0.750 bits per heavy atom. The molecule has 0 spiro atoms. The van der Waals surface area contributed by atoms with Gasteiger partial charge >= 0.3 is 0 Å². The van der Waals surface area contributed by atoms with Gasteiger partial charge in [-0.2, -0.15) is 8.61 Å². The lowest BCUT2D eigenvalue weighted by Gasteiger charge is -2.24. The first-order valence-electron chi connectivity index (χ1n) is 18.9. The van der Waals surface area contributed by atoms with Crippen molar-refractivity contribution in [3.05, 3.63) is 155 Å². The highest BCUT2D eigenvalue weighted by Gasteiger charge is 2.36. The Labute approximate surface area is 352 Å². The molecule has 0 fully saturated rings. The van der Waals surface area contributed by atoms with Crippen LogP contribution in [0.15, 0.2) is 121 Å². The van der Waals surface area contributed by atoms with E-state index in [-0.39, 0.29) is 50.8 Å². The monoisotopic (exact) mass is 858 g/mol. The fourth-order valence-electron chi connectivity index (χ4n) is 6.30. The van der Waals surface area contributed by atoms with Gasteiger partial charge in [-0.1, -0.05) is 60.7 Å². The van der Waals surface area contributed by atoms with Crippen LogP contribution in [0, 0.1) is 0 Å². The number of nitrogens with zero attached hydrogens (tertiary/aromatic N) is 3. The van der Waals surface area contributed by atoms with Gasteiger partial charge in [0.25, 0.3) is 11.8 Å². The Bertz CT molecular complexity index is 2280. The van der Waals surface area contributed by atoms with Crippen LogP contribution < -0.4 is 24.7 Å². The maximum Gasteiger partial charge on any atom is 0.261 e. The van der Waals surface area contributed by atoms with E-state index in [1.807, 2.05) is 48.5 Å². The maximum absolute atomic E-state index is 13.5. The number of amides is 2. The molecule has 2 amide bonds. The zero-order chi connectivity index (χ0) is 43.3. The fourth-order valence-corrected chi connectivity index (χ4v) is 8.91. The molecule has 0 radical (unpaired) electrons. The maximum atomic E-state index is 13.5. The number of nitrogens with two attached hydrogens (primary N) is 1. The number of benzene rings is 5. The quantitative estimate of drug-likeness (QED) is 0.106. The number of sulfonamides is 2. The number of methoxy groups -OCH3 is 4. The third kappa shape index (κ3) is 11.9. The highest BCUT2D eigenvalue weighted by Crippen LogP contribution is 2.25. The summed E-state index contributed by atoms with van der Waals surface area (Å²) < 4.78 is 75.5. The first kappa shape index (κ1) is 45.3. The Morgan fingerprint density at radius 1 is 0.467 bits per heavy atom. The first-order valence-corrected chi connectivity index (χ1v) is 22.1. The fraction of sp³-hybridized carbons (Fsp3) is 0.273. The van der Waals surface area contributed by atoms with Gasteiger partial charge in [-0.15, -0.1) is 0 Å². The Hall–Kier alpha value is -5.78. The van der Waals surface area contributed by atoms with Crippen LogP contribution >= 0.6 is 0 Å². The summed E-state index contributed by atoms with van der Waals surface area (Å²) in [7, 11) is -0.985. The number of rotatable bonds is 19. The van der Waals surface area contributed by atoms with Crippen LogP contribution in [-0.4, -0.2) is 95.2 Å². The Morgan fingerprint density at radius 3 is 1.02 bits per heavy atom. The van der Waals surface area contributed by atoms with E-state index in [1.165, 1.54) is 8.61 Å². The average Bonchev–Trinajstić information content (AvgIpc) is 3.51. The minimum atomic E-state index is -3.85. The van der Waals surface area contributed by atoms with E-state index in [0.29, 0.717) is 22.6 Å². The van der Waals surface area contributed by atoms with Crippen molar-refractivity contribution in [1.82, 2.24) is 13.5 Å². The predicted molar refractivity (Wildman–Crippen MR) is 229 cm³/mol. The number of hydrogen-bond donors (Lipinski definition) is 1. The lowest BCUT2D eigenvalue weighted by Crippen LogP contribution is -2.39. The minimum Gasteiger partial charge on any atom is -0.497 e. The van der Waals surface area contributed by atoms with Gasteiger partial charge in [-0.05, 0) is 82.9 Å². The summed E-state index contributed by atoms with van der Waals surface area (Å²) in [4.78, 5) is 26.3. The molecule has 1 heterocycles. The van der Waals surface area contributed by atoms with Gasteiger partial charge in [-0.3, -0.25) is 14.5 Å². The van der Waals surface area contributed by atoms with Gasteiger partial charge in [0, 0.05) is 39.3 Å². The van der Waals surface area contributed by atoms with E-state index < -0.39 is 31.9 Å². The summed E-state index contributed by atoms with van der Waals surface area (Å²) in [5.41, 5.74) is 9.40. The molecule has 318 valence electrons. The number of imide groups is 1. The highest BCUT2D eigenvalue weighted by molar-refractivity contribution is 7.89. The van der Waals surface area contributed by atoms with Crippen LogP contribution in [0.2, 0.25) is 0 Å². The number of fused-ring (bicyclic) bond motifs is 1. The lowest BCUT2D eigenvalue weighted by atomic mass is 10.1. The van der Waals surface area contributed by atoms with Gasteiger partial charge in [0.2, 0.25) is 20.0 Å². The van der Waals surface area contributed by atoms with Gasteiger partial charge < -0.3 is 24.7 Å². The second-order valence-electron chi connectivity index (χ2n) is 13.7. The molecular weight excluding hydrogens is 809 g/mol. The highest BCUT2D eigenvalue weighted by atomic mass is 32.2. The van der Waals surface area contributed by atoms with Crippen LogP contribution in [-0.2, 0) is 46.2 Å². The molecule has 1 aliphatic rings. The van der Waals surface area contributed by atoms with Gasteiger partial charge in [0.05, 0.1) is 51.1 Å². The normalized spacial score (nSPS) is 12.6. The molecule has 2 N–H and O–H groups in total. The molecule has 5 aromatic carbocycles. The zero-order valence-electron chi connectivity index (χ0n) is 34.0.